The number of benzene rings is 1. The zero-order chi connectivity index (χ0) is 8.97. The largest absolute Gasteiger partial charge is 0.392 e. The summed E-state index contributed by atoms with van der Waals surface area (Å²) in [5, 5.41) is 11.5. The average molecular weight is 202 g/mol. The highest BCUT2D eigenvalue weighted by molar-refractivity contribution is 5.89. The number of anilines is 1. The summed E-state index contributed by atoms with van der Waals surface area (Å²) in [6.45, 7) is 1.38. The number of para-hydroxylation sites is 1. The Hall–Kier alpha value is -1.06. The normalized spacial score (nSPS) is 8.77. The van der Waals surface area contributed by atoms with Crippen molar-refractivity contribution in [2.24, 2.45) is 0 Å². The van der Waals surface area contributed by atoms with Gasteiger partial charge in [-0.2, -0.15) is 0 Å². The van der Waals surface area contributed by atoms with E-state index in [0.29, 0.717) is 5.69 Å². The minimum atomic E-state index is -0.129. The van der Waals surface area contributed by atoms with Crippen LogP contribution in [0, 0.1) is 0 Å². The fourth-order valence-electron chi connectivity index (χ4n) is 0.970. The van der Waals surface area contributed by atoms with Crippen molar-refractivity contribution in [1.29, 1.82) is 0 Å². The number of aliphatic hydroxyl groups is 1. The third-order valence-electron chi connectivity index (χ3n) is 1.50. The van der Waals surface area contributed by atoms with Crippen LogP contribution in [0.25, 0.3) is 0 Å². The van der Waals surface area contributed by atoms with Crippen LogP contribution in [0.1, 0.15) is 12.5 Å². The molecule has 0 bridgehead atoms. The molecule has 0 saturated heterocycles. The molecule has 1 rings (SSSR count). The zero-order valence-electron chi connectivity index (χ0n) is 7.28. The number of aliphatic hydroxyl groups excluding tert-OH is 1. The van der Waals surface area contributed by atoms with Gasteiger partial charge in [-0.15, -0.1) is 12.4 Å². The highest BCUT2D eigenvalue weighted by atomic mass is 35.5. The van der Waals surface area contributed by atoms with E-state index in [9.17, 15) is 4.79 Å². The molecule has 0 aliphatic rings. The first-order chi connectivity index (χ1) is 5.74. The topological polar surface area (TPSA) is 49.3 Å². The van der Waals surface area contributed by atoms with Gasteiger partial charge in [0, 0.05) is 18.2 Å². The third-order valence-corrected chi connectivity index (χ3v) is 1.50. The lowest BCUT2D eigenvalue weighted by atomic mass is 10.2. The van der Waals surface area contributed by atoms with Crippen molar-refractivity contribution < 1.29 is 9.90 Å². The molecule has 4 heteroatoms. The van der Waals surface area contributed by atoms with Crippen LogP contribution in [0.3, 0.4) is 0 Å². The predicted octanol–water partition coefficient (Wildman–Crippen LogP) is 1.56. The minimum absolute atomic E-state index is 0. The van der Waals surface area contributed by atoms with E-state index in [1.165, 1.54) is 6.92 Å². The molecule has 0 radical (unpaired) electrons. The predicted molar refractivity (Wildman–Crippen MR) is 53.9 cm³/mol. The highest BCUT2D eigenvalue weighted by Gasteiger charge is 2.00. The molecule has 1 aromatic rings. The molecule has 0 spiro atoms. The van der Waals surface area contributed by atoms with Gasteiger partial charge in [0.25, 0.3) is 0 Å². The summed E-state index contributed by atoms with van der Waals surface area (Å²) in [6, 6.07) is 7.15. The molecule has 1 amide bonds. The van der Waals surface area contributed by atoms with Crippen LogP contribution in [0.2, 0.25) is 0 Å². The summed E-state index contributed by atoms with van der Waals surface area (Å²) in [5.74, 6) is -0.129. The summed E-state index contributed by atoms with van der Waals surface area (Å²) < 4.78 is 0. The van der Waals surface area contributed by atoms with E-state index in [1.807, 2.05) is 12.1 Å². The Labute approximate surface area is 83.2 Å². The monoisotopic (exact) mass is 201 g/mol. The maximum atomic E-state index is 10.7. The second-order valence-electron chi connectivity index (χ2n) is 2.50. The number of hydrogen-bond acceptors (Lipinski definition) is 2. The maximum Gasteiger partial charge on any atom is 0.221 e. The lowest BCUT2D eigenvalue weighted by Gasteiger charge is -2.06. The molecule has 13 heavy (non-hydrogen) atoms. The Morgan fingerprint density at radius 2 is 2.08 bits per heavy atom. The van der Waals surface area contributed by atoms with E-state index in [2.05, 4.69) is 5.32 Å². The second-order valence-corrected chi connectivity index (χ2v) is 2.50. The Kier molecular flexibility index (Phi) is 5.11. The smallest absolute Gasteiger partial charge is 0.221 e. The van der Waals surface area contributed by atoms with Gasteiger partial charge in [-0.3, -0.25) is 4.79 Å². The molecule has 0 aliphatic carbocycles. The lowest BCUT2D eigenvalue weighted by molar-refractivity contribution is -0.114. The number of amides is 1. The van der Waals surface area contributed by atoms with Gasteiger partial charge in [-0.05, 0) is 6.07 Å². The maximum absolute atomic E-state index is 10.7. The molecule has 0 fully saturated rings. The van der Waals surface area contributed by atoms with Crippen LogP contribution >= 0.6 is 12.4 Å². The molecule has 2 N–H and O–H groups in total. The van der Waals surface area contributed by atoms with E-state index < -0.39 is 0 Å². The quantitative estimate of drug-likeness (QED) is 0.763. The van der Waals surface area contributed by atoms with Gasteiger partial charge < -0.3 is 10.4 Å². The van der Waals surface area contributed by atoms with E-state index >= 15 is 0 Å². The molecule has 0 aliphatic heterocycles. The van der Waals surface area contributed by atoms with Crippen molar-refractivity contribution in [2.75, 3.05) is 5.32 Å². The summed E-state index contributed by atoms with van der Waals surface area (Å²) in [6.07, 6.45) is 0. The molecule has 0 aromatic heterocycles. The molecule has 1 aromatic carbocycles. The van der Waals surface area contributed by atoms with Crippen LogP contribution in [0.5, 0.6) is 0 Å². The van der Waals surface area contributed by atoms with Gasteiger partial charge in [0.15, 0.2) is 0 Å². The van der Waals surface area contributed by atoms with E-state index in [-0.39, 0.29) is 24.9 Å². The highest BCUT2D eigenvalue weighted by Crippen LogP contribution is 2.13. The molecule has 0 saturated carbocycles. The van der Waals surface area contributed by atoms with E-state index in [0.717, 1.165) is 5.56 Å². The Bertz CT molecular complexity index is 289. The number of rotatable bonds is 2. The molecule has 0 unspecified atom stereocenters. The minimum Gasteiger partial charge on any atom is -0.392 e. The first kappa shape index (κ1) is 11.9. The molecule has 72 valence electrons. The van der Waals surface area contributed by atoms with Crippen LogP contribution in [-0.4, -0.2) is 11.0 Å². The summed E-state index contributed by atoms with van der Waals surface area (Å²) in [4.78, 5) is 10.7. The lowest BCUT2D eigenvalue weighted by Crippen LogP contribution is -2.07. The number of hydrogen-bond donors (Lipinski definition) is 2. The summed E-state index contributed by atoms with van der Waals surface area (Å²) in [5.41, 5.74) is 1.40. The Balaban J connectivity index is 0.00000144. The van der Waals surface area contributed by atoms with Crippen molar-refractivity contribution in [3.05, 3.63) is 29.8 Å². The van der Waals surface area contributed by atoms with Crippen molar-refractivity contribution >= 4 is 24.0 Å². The van der Waals surface area contributed by atoms with Crippen LogP contribution in [0.15, 0.2) is 24.3 Å². The van der Waals surface area contributed by atoms with Crippen molar-refractivity contribution in [2.45, 2.75) is 13.5 Å². The zero-order valence-corrected chi connectivity index (χ0v) is 8.10. The number of nitrogens with one attached hydrogen (secondary N) is 1. The van der Waals surface area contributed by atoms with Crippen molar-refractivity contribution in [3.63, 3.8) is 0 Å². The van der Waals surface area contributed by atoms with Crippen LogP contribution in [0.4, 0.5) is 5.69 Å². The average Bonchev–Trinajstić information content (AvgIpc) is 2.04. The Morgan fingerprint density at radius 3 is 2.62 bits per heavy atom. The van der Waals surface area contributed by atoms with Gasteiger partial charge in [0.1, 0.15) is 0 Å². The number of carbonyl (C=O) groups excluding carboxylic acids is 1. The molecular formula is C9H12ClNO2. The molecule has 0 atom stereocenters. The first-order valence-electron chi connectivity index (χ1n) is 3.70. The number of carbonyl (C=O) groups is 1. The van der Waals surface area contributed by atoms with Crippen LogP contribution in [-0.2, 0) is 11.4 Å². The number of halogens is 1. The van der Waals surface area contributed by atoms with Gasteiger partial charge in [-0.1, -0.05) is 18.2 Å². The molecular weight excluding hydrogens is 190 g/mol. The van der Waals surface area contributed by atoms with Gasteiger partial charge >= 0.3 is 0 Å². The molecule has 3 nitrogen and oxygen atoms in total. The fourth-order valence-corrected chi connectivity index (χ4v) is 0.970. The van der Waals surface area contributed by atoms with E-state index in [4.69, 9.17) is 5.11 Å². The second kappa shape index (κ2) is 5.56. The van der Waals surface area contributed by atoms with E-state index in [1.54, 1.807) is 12.1 Å². The SMILES string of the molecule is CC(=O)Nc1ccccc1CO.Cl. The third kappa shape index (κ3) is 3.44. The summed E-state index contributed by atoms with van der Waals surface area (Å²) in [7, 11) is 0. The van der Waals surface area contributed by atoms with Crippen LogP contribution < -0.4 is 5.32 Å². The van der Waals surface area contributed by atoms with Gasteiger partial charge in [0.05, 0.1) is 6.61 Å². The standard InChI is InChI=1S/C9H11NO2.ClH/c1-7(12)10-9-5-3-2-4-8(9)6-11;/h2-5,11H,6H2,1H3,(H,10,12);1H. The van der Waals surface area contributed by atoms with Crippen molar-refractivity contribution in [3.8, 4) is 0 Å². The van der Waals surface area contributed by atoms with Crippen molar-refractivity contribution in [1.82, 2.24) is 0 Å². The molecule has 0 heterocycles. The fraction of sp³-hybridized carbons (Fsp3) is 0.222. The first-order valence-corrected chi connectivity index (χ1v) is 3.70. The van der Waals surface area contributed by atoms with Gasteiger partial charge in [-0.25, -0.2) is 0 Å². The van der Waals surface area contributed by atoms with Gasteiger partial charge in [0.2, 0.25) is 5.91 Å². The Morgan fingerprint density at radius 1 is 1.46 bits per heavy atom. The summed E-state index contributed by atoms with van der Waals surface area (Å²) >= 11 is 0.